The van der Waals surface area contributed by atoms with E-state index in [0.29, 0.717) is 12.5 Å². The minimum Gasteiger partial charge on any atom is -0.364 e. The molecule has 1 atom stereocenters. The fourth-order valence-corrected chi connectivity index (χ4v) is 2.56. The van der Waals surface area contributed by atoms with Gasteiger partial charge in [-0.05, 0) is 36.5 Å². The van der Waals surface area contributed by atoms with Crippen molar-refractivity contribution in [3.05, 3.63) is 24.3 Å². The Kier molecular flexibility index (Phi) is 4.37. The van der Waals surface area contributed by atoms with E-state index < -0.39 is 0 Å². The average molecular weight is 277 g/mol. The lowest BCUT2D eigenvalue weighted by atomic mass is 10.2. The van der Waals surface area contributed by atoms with Crippen LogP contribution in [-0.2, 0) is 4.79 Å². The van der Waals surface area contributed by atoms with Crippen molar-refractivity contribution >= 4 is 33.3 Å². The highest BCUT2D eigenvalue weighted by Crippen LogP contribution is 2.27. The van der Waals surface area contributed by atoms with Crippen molar-refractivity contribution in [1.29, 1.82) is 0 Å². The van der Waals surface area contributed by atoms with Crippen molar-refractivity contribution in [3.8, 4) is 0 Å². The minimum absolute atomic E-state index is 0.0196. The molecular formula is C14H19N3OS. The highest BCUT2D eigenvalue weighted by atomic mass is 32.1. The zero-order valence-corrected chi connectivity index (χ0v) is 12.3. The number of carbonyl (C=O) groups is 1. The molecule has 102 valence electrons. The van der Waals surface area contributed by atoms with Gasteiger partial charge in [-0.15, -0.1) is 0 Å². The Labute approximate surface area is 117 Å². The van der Waals surface area contributed by atoms with Gasteiger partial charge in [0.1, 0.15) is 11.0 Å². The molecule has 0 aliphatic heterocycles. The summed E-state index contributed by atoms with van der Waals surface area (Å²) in [6.07, 6.45) is 0. The number of fused-ring (bicyclic) bond motifs is 1. The molecule has 4 nitrogen and oxygen atoms in total. The van der Waals surface area contributed by atoms with E-state index in [1.54, 1.807) is 0 Å². The lowest BCUT2D eigenvalue weighted by Gasteiger charge is -2.15. The number of anilines is 1. The third-order valence-corrected chi connectivity index (χ3v) is 3.62. The maximum atomic E-state index is 11.9. The van der Waals surface area contributed by atoms with Gasteiger partial charge in [0.05, 0.1) is 5.52 Å². The van der Waals surface area contributed by atoms with Crippen LogP contribution in [-0.4, -0.2) is 22.9 Å². The zero-order chi connectivity index (χ0) is 13.8. The van der Waals surface area contributed by atoms with Crippen LogP contribution in [0.3, 0.4) is 0 Å². The maximum Gasteiger partial charge on any atom is 0.242 e. The topological polar surface area (TPSA) is 54.0 Å². The number of hydrogen-bond acceptors (Lipinski definition) is 4. The first-order chi connectivity index (χ1) is 9.08. The van der Waals surface area contributed by atoms with Crippen LogP contribution >= 0.6 is 11.5 Å². The van der Waals surface area contributed by atoms with Crippen molar-refractivity contribution in [2.24, 2.45) is 5.92 Å². The molecule has 0 aliphatic carbocycles. The van der Waals surface area contributed by atoms with E-state index in [0.717, 1.165) is 15.9 Å². The normalized spacial score (nSPS) is 12.6. The third-order valence-electron chi connectivity index (χ3n) is 2.81. The predicted octanol–water partition coefficient (Wildman–Crippen LogP) is 2.87. The molecule has 0 radical (unpaired) electrons. The fourth-order valence-electron chi connectivity index (χ4n) is 1.71. The largest absolute Gasteiger partial charge is 0.364 e. The standard InChI is InChI=1S/C14H19N3OS/c1-9(2)8-15-13(18)10(3)16-14-11-6-4-5-7-12(11)17-19-14/h4-7,9-10,16H,8H2,1-3H3,(H,15,18). The Morgan fingerprint density at radius 1 is 1.32 bits per heavy atom. The number of carbonyl (C=O) groups excluding carboxylic acids is 1. The van der Waals surface area contributed by atoms with E-state index >= 15 is 0 Å². The highest BCUT2D eigenvalue weighted by molar-refractivity contribution is 7.11. The van der Waals surface area contributed by atoms with Gasteiger partial charge >= 0.3 is 0 Å². The number of rotatable bonds is 5. The molecule has 0 bridgehead atoms. The summed E-state index contributed by atoms with van der Waals surface area (Å²) in [7, 11) is 0. The third kappa shape index (κ3) is 3.44. The maximum absolute atomic E-state index is 11.9. The van der Waals surface area contributed by atoms with Crippen LogP contribution in [0, 0.1) is 5.92 Å². The van der Waals surface area contributed by atoms with Crippen LogP contribution in [0.4, 0.5) is 5.00 Å². The van der Waals surface area contributed by atoms with Gasteiger partial charge in [0.25, 0.3) is 0 Å². The number of nitrogens with zero attached hydrogens (tertiary/aromatic N) is 1. The molecule has 1 aromatic carbocycles. The van der Waals surface area contributed by atoms with Crippen molar-refractivity contribution in [2.75, 3.05) is 11.9 Å². The quantitative estimate of drug-likeness (QED) is 0.883. The van der Waals surface area contributed by atoms with E-state index in [1.807, 2.05) is 31.2 Å². The van der Waals surface area contributed by atoms with Gasteiger partial charge in [0.15, 0.2) is 0 Å². The highest BCUT2D eigenvalue weighted by Gasteiger charge is 2.15. The Hall–Kier alpha value is -1.62. The number of benzene rings is 1. The predicted molar refractivity (Wildman–Crippen MR) is 80.6 cm³/mol. The SMILES string of the molecule is CC(C)CNC(=O)C(C)Nc1snc2ccccc12. The van der Waals surface area contributed by atoms with Gasteiger partial charge in [-0.25, -0.2) is 0 Å². The Morgan fingerprint density at radius 2 is 2.05 bits per heavy atom. The summed E-state index contributed by atoms with van der Waals surface area (Å²) in [6, 6.07) is 7.67. The molecule has 2 aromatic rings. The summed E-state index contributed by atoms with van der Waals surface area (Å²) < 4.78 is 4.35. The van der Waals surface area contributed by atoms with Gasteiger partial charge in [-0.1, -0.05) is 26.0 Å². The molecule has 1 aromatic heterocycles. The summed E-state index contributed by atoms with van der Waals surface area (Å²) in [6.45, 7) is 6.72. The first-order valence-electron chi connectivity index (χ1n) is 6.46. The van der Waals surface area contributed by atoms with E-state index in [2.05, 4.69) is 28.9 Å². The molecule has 1 amide bonds. The van der Waals surface area contributed by atoms with Gasteiger partial charge in [-0.3, -0.25) is 4.79 Å². The van der Waals surface area contributed by atoms with Crippen molar-refractivity contribution in [1.82, 2.24) is 9.69 Å². The summed E-state index contributed by atoms with van der Waals surface area (Å²) in [5.41, 5.74) is 0.963. The lowest BCUT2D eigenvalue weighted by molar-refractivity contribution is -0.121. The smallest absolute Gasteiger partial charge is 0.242 e. The van der Waals surface area contributed by atoms with E-state index in [4.69, 9.17) is 0 Å². The molecule has 0 fully saturated rings. The second-order valence-corrected chi connectivity index (χ2v) is 5.81. The van der Waals surface area contributed by atoms with Gasteiger partial charge in [0, 0.05) is 11.9 Å². The van der Waals surface area contributed by atoms with Gasteiger partial charge in [0.2, 0.25) is 5.91 Å². The van der Waals surface area contributed by atoms with Gasteiger partial charge in [-0.2, -0.15) is 4.37 Å². The number of amides is 1. The van der Waals surface area contributed by atoms with Crippen LogP contribution < -0.4 is 10.6 Å². The monoisotopic (exact) mass is 277 g/mol. The molecule has 2 rings (SSSR count). The molecule has 0 aliphatic rings. The Morgan fingerprint density at radius 3 is 2.79 bits per heavy atom. The van der Waals surface area contributed by atoms with Crippen LogP contribution in [0.2, 0.25) is 0 Å². The summed E-state index contributed by atoms with van der Waals surface area (Å²) in [5, 5.41) is 8.17. The summed E-state index contributed by atoms with van der Waals surface area (Å²) in [4.78, 5) is 11.9. The number of aromatic nitrogens is 1. The van der Waals surface area contributed by atoms with Crippen LogP contribution in [0.25, 0.3) is 10.9 Å². The molecule has 2 N–H and O–H groups in total. The molecular weight excluding hydrogens is 258 g/mol. The van der Waals surface area contributed by atoms with E-state index in [9.17, 15) is 4.79 Å². The van der Waals surface area contributed by atoms with Gasteiger partial charge < -0.3 is 10.6 Å². The Bertz CT molecular complexity index is 565. The lowest BCUT2D eigenvalue weighted by Crippen LogP contribution is -2.39. The molecule has 19 heavy (non-hydrogen) atoms. The van der Waals surface area contributed by atoms with Crippen LogP contribution in [0.15, 0.2) is 24.3 Å². The average Bonchev–Trinajstić information content (AvgIpc) is 2.79. The van der Waals surface area contributed by atoms with E-state index in [-0.39, 0.29) is 11.9 Å². The molecule has 1 unspecified atom stereocenters. The van der Waals surface area contributed by atoms with E-state index in [1.165, 1.54) is 11.5 Å². The number of hydrogen-bond donors (Lipinski definition) is 2. The first kappa shape index (κ1) is 13.8. The van der Waals surface area contributed by atoms with Crippen molar-refractivity contribution in [2.45, 2.75) is 26.8 Å². The zero-order valence-electron chi connectivity index (χ0n) is 11.4. The second-order valence-electron chi connectivity index (χ2n) is 5.03. The molecule has 1 heterocycles. The molecule has 5 heteroatoms. The molecule has 0 saturated heterocycles. The fraction of sp³-hybridized carbons (Fsp3) is 0.429. The van der Waals surface area contributed by atoms with Crippen LogP contribution in [0.5, 0.6) is 0 Å². The second kappa shape index (κ2) is 6.02. The summed E-state index contributed by atoms with van der Waals surface area (Å²) in [5.74, 6) is 0.478. The molecule has 0 spiro atoms. The van der Waals surface area contributed by atoms with Crippen molar-refractivity contribution in [3.63, 3.8) is 0 Å². The molecule has 0 saturated carbocycles. The van der Waals surface area contributed by atoms with Crippen LogP contribution in [0.1, 0.15) is 20.8 Å². The Balaban J connectivity index is 2.02. The first-order valence-corrected chi connectivity index (χ1v) is 7.24. The number of nitrogens with one attached hydrogen (secondary N) is 2. The minimum atomic E-state index is -0.261. The summed E-state index contributed by atoms with van der Waals surface area (Å²) >= 11 is 1.39. The van der Waals surface area contributed by atoms with Crippen molar-refractivity contribution < 1.29 is 4.79 Å².